The van der Waals surface area contributed by atoms with Crippen LogP contribution in [0, 0.1) is 38.5 Å². The number of esters is 1. The molecule has 8 bridgehead atoms. The maximum atomic E-state index is 13.2. The van der Waals surface area contributed by atoms with Crippen LogP contribution in [-0.4, -0.2) is 41.2 Å². The first kappa shape index (κ1) is 31.2. The summed E-state index contributed by atoms with van der Waals surface area (Å²) in [4.78, 5) is 28.4. The van der Waals surface area contributed by atoms with Crippen LogP contribution in [0.3, 0.4) is 0 Å². The fourth-order valence-electron chi connectivity index (χ4n) is 7.15. The summed E-state index contributed by atoms with van der Waals surface area (Å²) in [6.07, 6.45) is 9.59. The van der Waals surface area contributed by atoms with Gasteiger partial charge in [-0.1, -0.05) is 85.9 Å². The third-order valence-corrected chi connectivity index (χ3v) is 9.54. The second-order valence-electron chi connectivity index (χ2n) is 11.7. The van der Waals surface area contributed by atoms with Gasteiger partial charge in [0.05, 0.1) is 13.2 Å². The Kier molecular flexibility index (Phi) is 8.50. The molecule has 220 valence electrons. The molecule has 0 amide bonds. The molecule has 1 unspecified atom stereocenters. The summed E-state index contributed by atoms with van der Waals surface area (Å²) in [5, 5.41) is 18.6. The van der Waals surface area contributed by atoms with Crippen molar-refractivity contribution in [2.75, 3.05) is 7.11 Å². The number of carbonyl (C=O) groups is 1. The second kappa shape index (κ2) is 11.7. The van der Waals surface area contributed by atoms with Gasteiger partial charge >= 0.3 is 29.0 Å². The monoisotopic (exact) mass is 586 g/mol. The average molecular weight is 587 g/mol. The summed E-state index contributed by atoms with van der Waals surface area (Å²) in [6, 6.07) is 0. The predicted octanol–water partition coefficient (Wildman–Crippen LogP) is 4.31. The maximum absolute atomic E-state index is 13.2. The van der Waals surface area contributed by atoms with Crippen LogP contribution in [0.2, 0.25) is 0 Å². The molecule has 1 saturated heterocycles. The number of nitrogens with zero attached hydrogens (tertiary/aromatic N) is 4. The van der Waals surface area contributed by atoms with Gasteiger partial charge in [0.15, 0.2) is 0 Å². The molecule has 8 heteroatoms. The van der Waals surface area contributed by atoms with Gasteiger partial charge in [-0.3, -0.25) is 4.79 Å². The van der Waals surface area contributed by atoms with E-state index in [1.165, 1.54) is 7.11 Å². The first-order valence-corrected chi connectivity index (χ1v) is 14.9. The number of aromatic nitrogens is 3. The number of hydrogen-bond acceptors (Lipinski definition) is 3. The molecule has 7 nitrogen and oxygen atoms in total. The van der Waals surface area contributed by atoms with E-state index >= 15 is 0 Å². The van der Waals surface area contributed by atoms with Crippen LogP contribution in [0.15, 0.2) is 18.0 Å². The maximum Gasteiger partial charge on any atom is 2.00 e. The summed E-state index contributed by atoms with van der Waals surface area (Å²) >= 11 is 0. The van der Waals surface area contributed by atoms with Crippen molar-refractivity contribution in [3.63, 3.8) is 0 Å². The normalized spacial score (nSPS) is 26.4. The summed E-state index contributed by atoms with van der Waals surface area (Å²) in [5.74, 6) is -1.20. The van der Waals surface area contributed by atoms with Crippen molar-refractivity contribution in [3.05, 3.63) is 90.1 Å². The Hall–Kier alpha value is -3.20. The summed E-state index contributed by atoms with van der Waals surface area (Å²) in [7, 11) is 1.37. The van der Waals surface area contributed by atoms with Gasteiger partial charge in [0, 0.05) is 0 Å². The molecular formula is C35H38MgN4O3-2. The molecule has 4 atom stereocenters. The molecule has 1 fully saturated rings. The number of rotatable bonds is 5. The van der Waals surface area contributed by atoms with Crippen molar-refractivity contribution in [1.82, 2.24) is 15.0 Å². The van der Waals surface area contributed by atoms with Crippen molar-refractivity contribution in [2.24, 2.45) is 17.8 Å². The molecule has 3 aromatic rings. The zero-order chi connectivity index (χ0) is 30.0. The van der Waals surface area contributed by atoms with Crippen molar-refractivity contribution in [1.29, 1.82) is 0 Å². The Bertz CT molecular complexity index is 1820. The minimum atomic E-state index is -1.06. The van der Waals surface area contributed by atoms with Crippen LogP contribution < -0.4 is 25.7 Å². The van der Waals surface area contributed by atoms with E-state index in [1.807, 2.05) is 19.1 Å². The first-order valence-electron chi connectivity index (χ1n) is 14.9. The van der Waals surface area contributed by atoms with Gasteiger partial charge in [0.2, 0.25) is 0 Å². The third-order valence-electron chi connectivity index (χ3n) is 9.54. The van der Waals surface area contributed by atoms with Gasteiger partial charge in [-0.15, -0.1) is 33.5 Å². The fraction of sp³-hybridized carbons (Fsp3) is 0.400. The molecular weight excluding hydrogens is 549 g/mol. The quantitative estimate of drug-likeness (QED) is 0.353. The summed E-state index contributed by atoms with van der Waals surface area (Å²) in [5.41, 5.74) is 11.3. The van der Waals surface area contributed by atoms with Crippen molar-refractivity contribution in [2.45, 2.75) is 66.9 Å². The number of aliphatic hydroxyl groups is 1. The van der Waals surface area contributed by atoms with E-state index in [9.17, 15) is 9.90 Å². The Labute approximate surface area is 269 Å². The van der Waals surface area contributed by atoms with E-state index in [1.54, 1.807) is 0 Å². The summed E-state index contributed by atoms with van der Waals surface area (Å²) < 4.78 is 5.23. The average Bonchev–Trinajstić information content (AvgIpc) is 3.70. The molecule has 0 saturated carbocycles. The molecule has 43 heavy (non-hydrogen) atoms. The minimum Gasteiger partial charge on any atom is -0.664 e. The van der Waals surface area contributed by atoms with Gasteiger partial charge in [0.1, 0.15) is 5.92 Å². The number of hydrogen-bond donors (Lipinski definition) is 1. The van der Waals surface area contributed by atoms with E-state index in [0.717, 1.165) is 86.3 Å². The molecule has 2 aliphatic heterocycles. The number of ether oxygens (including phenoxy) is 1. The van der Waals surface area contributed by atoms with Crippen LogP contribution in [-0.2, 0) is 16.0 Å². The Balaban J connectivity index is 0.00000368. The number of carbonyl (C=O) groups excluding carboxylic acids is 1. The molecule has 1 aliphatic carbocycles. The number of fused-ring (bicyclic) bond motifs is 7. The second-order valence-corrected chi connectivity index (χ2v) is 11.7. The van der Waals surface area contributed by atoms with Crippen molar-refractivity contribution < 1.29 is 14.6 Å². The molecule has 0 radical (unpaired) electrons. The largest absolute Gasteiger partial charge is 2.00 e. The molecule has 6 rings (SSSR count). The molecule has 3 aliphatic rings. The smallest absolute Gasteiger partial charge is 0.664 e. The SMILES string of the molecule is C=Cc1c2[n-]c(c1C)/C=C1\[N-]/C(=C3\c4[n-]c(c(C)c4C(O)[C@@H]3C(=O)OC)/C=c3\[n-]/c(c(C)c3CC)=C\2)[C@@H](CCC)[C@@H]1C.[Mg+2]. The van der Waals surface area contributed by atoms with E-state index in [-0.39, 0.29) is 34.9 Å². The summed E-state index contributed by atoms with van der Waals surface area (Å²) in [6.45, 7) is 16.7. The minimum absolute atomic E-state index is 0. The zero-order valence-corrected chi connectivity index (χ0v) is 27.6. The van der Waals surface area contributed by atoms with Crippen molar-refractivity contribution in [3.8, 4) is 0 Å². The van der Waals surface area contributed by atoms with Crippen LogP contribution in [0.1, 0.15) is 95.9 Å². The Morgan fingerprint density at radius 2 is 1.70 bits per heavy atom. The van der Waals surface area contributed by atoms with E-state index in [4.69, 9.17) is 25.0 Å². The van der Waals surface area contributed by atoms with Gasteiger partial charge in [0.25, 0.3) is 0 Å². The van der Waals surface area contributed by atoms with E-state index in [0.29, 0.717) is 16.8 Å². The van der Waals surface area contributed by atoms with Gasteiger partial charge in [-0.25, -0.2) is 0 Å². The van der Waals surface area contributed by atoms with Crippen LogP contribution in [0.4, 0.5) is 0 Å². The number of aliphatic hydroxyl groups excluding tert-OH is 1. The Morgan fingerprint density at radius 1 is 1.00 bits per heavy atom. The zero-order valence-electron chi connectivity index (χ0n) is 26.2. The molecule has 0 spiro atoms. The Morgan fingerprint density at radius 3 is 2.35 bits per heavy atom. The van der Waals surface area contributed by atoms with Gasteiger partial charge < -0.3 is 30.1 Å². The van der Waals surface area contributed by atoms with Gasteiger partial charge in [-0.05, 0) is 56.6 Å². The van der Waals surface area contributed by atoms with Crippen molar-refractivity contribution >= 4 is 58.9 Å². The van der Waals surface area contributed by atoms with E-state index < -0.39 is 18.0 Å². The third kappa shape index (κ3) is 4.69. The predicted molar refractivity (Wildman–Crippen MR) is 171 cm³/mol. The first-order chi connectivity index (χ1) is 20.1. The number of allylic oxidation sites excluding steroid dienone is 2. The van der Waals surface area contributed by atoms with Crippen LogP contribution in [0.5, 0.6) is 0 Å². The number of methoxy groups -OCH3 is 1. The molecule has 5 heterocycles. The molecule has 3 aromatic heterocycles. The van der Waals surface area contributed by atoms with Crippen LogP contribution in [0.25, 0.3) is 35.2 Å². The van der Waals surface area contributed by atoms with Crippen LogP contribution >= 0.6 is 0 Å². The standard InChI is InChI=1S/C35H38N4O3.Mg/c1-9-12-22-18(6)25-13-23-16(4)20(10-2)27(36-23)14-24-17(5)21(11-3)28(37-24)15-26-19(7)29-33(39-26)30(32(22)38-25)31(34(29)40)35(41)42-8;/h10,13-15,18,22,31,34,40H,2,9,11-12H2,1,3-8H3;/q-4;+2/b24-14-,25-13-,28-15-,32-30-;/t18-,22-,31+,34?;/m0./s1. The molecule has 1 N–H and O–H groups in total. The fourth-order valence-corrected chi connectivity index (χ4v) is 7.15. The van der Waals surface area contributed by atoms with Gasteiger partial charge in [-0.2, -0.15) is 11.4 Å². The van der Waals surface area contributed by atoms with E-state index in [2.05, 4.69) is 53.3 Å². The molecule has 0 aromatic carbocycles. The topological polar surface area (TPSA) is 103 Å².